The van der Waals surface area contributed by atoms with Crippen LogP contribution in [0.5, 0.6) is 0 Å². The molecule has 0 fully saturated rings. The molecule has 3 aromatic heterocycles. The Morgan fingerprint density at radius 3 is 2.46 bits per heavy atom. The minimum atomic E-state index is -0.280. The average molecular weight is 393 g/mol. The van der Waals surface area contributed by atoms with Crippen molar-refractivity contribution in [2.24, 2.45) is 0 Å². The number of benzene rings is 1. The molecule has 0 aliphatic carbocycles. The molecule has 0 aliphatic rings. The summed E-state index contributed by atoms with van der Waals surface area (Å²) in [6.45, 7) is 7.82. The topological polar surface area (TPSA) is 97.1 Å². The van der Waals surface area contributed by atoms with Gasteiger partial charge in [0.1, 0.15) is 0 Å². The molecular weight excluding hydrogens is 374 g/mol. The van der Waals surface area contributed by atoms with Crippen LogP contribution in [0.25, 0.3) is 4.96 Å². The molecule has 142 valence electrons. The van der Waals surface area contributed by atoms with Gasteiger partial charge in [-0.15, -0.1) is 5.10 Å². The van der Waals surface area contributed by atoms with Gasteiger partial charge in [0.25, 0.3) is 11.9 Å². The molecule has 0 spiro atoms. The van der Waals surface area contributed by atoms with Crippen molar-refractivity contribution in [2.45, 2.75) is 27.7 Å². The first-order chi connectivity index (χ1) is 13.4. The summed E-state index contributed by atoms with van der Waals surface area (Å²) in [5.41, 5.74) is 3.98. The second-order valence-corrected chi connectivity index (χ2v) is 7.69. The van der Waals surface area contributed by atoms with Crippen LogP contribution in [-0.2, 0) is 0 Å². The SMILES string of the molecule is Cc1cc(C)nc(Nc2cccc(C(=O)Nc3nc4sc(C)c(C)n4n3)c2)n1. The van der Waals surface area contributed by atoms with E-state index in [1.54, 1.807) is 34.1 Å². The Morgan fingerprint density at radius 1 is 1.00 bits per heavy atom. The molecule has 0 radical (unpaired) electrons. The zero-order valence-corrected chi connectivity index (χ0v) is 16.8. The summed E-state index contributed by atoms with van der Waals surface area (Å²) >= 11 is 1.54. The fourth-order valence-electron chi connectivity index (χ4n) is 2.82. The van der Waals surface area contributed by atoms with Crippen LogP contribution in [0.3, 0.4) is 0 Å². The minimum absolute atomic E-state index is 0.280. The van der Waals surface area contributed by atoms with E-state index >= 15 is 0 Å². The maximum absolute atomic E-state index is 12.6. The molecule has 0 atom stereocenters. The van der Waals surface area contributed by atoms with Gasteiger partial charge in [-0.1, -0.05) is 17.4 Å². The molecule has 1 amide bonds. The van der Waals surface area contributed by atoms with E-state index in [4.69, 9.17) is 0 Å². The highest BCUT2D eigenvalue weighted by Gasteiger charge is 2.14. The molecule has 0 unspecified atom stereocenters. The molecule has 0 bridgehead atoms. The molecule has 3 heterocycles. The molecule has 2 N–H and O–H groups in total. The van der Waals surface area contributed by atoms with Gasteiger partial charge in [-0.3, -0.25) is 10.1 Å². The Bertz CT molecular complexity index is 1170. The minimum Gasteiger partial charge on any atom is -0.324 e. The van der Waals surface area contributed by atoms with Gasteiger partial charge < -0.3 is 5.32 Å². The van der Waals surface area contributed by atoms with Gasteiger partial charge in [0, 0.05) is 27.5 Å². The zero-order chi connectivity index (χ0) is 19.8. The van der Waals surface area contributed by atoms with Crippen molar-refractivity contribution in [3.8, 4) is 0 Å². The smallest absolute Gasteiger partial charge is 0.258 e. The van der Waals surface area contributed by atoms with Gasteiger partial charge in [0.05, 0.1) is 5.69 Å². The van der Waals surface area contributed by atoms with Gasteiger partial charge in [0.15, 0.2) is 0 Å². The highest BCUT2D eigenvalue weighted by molar-refractivity contribution is 7.17. The number of fused-ring (bicyclic) bond motifs is 1. The Morgan fingerprint density at radius 2 is 1.75 bits per heavy atom. The Kier molecular flexibility index (Phi) is 4.52. The van der Waals surface area contributed by atoms with Crippen molar-refractivity contribution in [1.29, 1.82) is 0 Å². The van der Waals surface area contributed by atoms with Crippen LogP contribution >= 0.6 is 11.3 Å². The number of hydrogen-bond donors (Lipinski definition) is 2. The molecule has 28 heavy (non-hydrogen) atoms. The van der Waals surface area contributed by atoms with Crippen molar-refractivity contribution in [2.75, 3.05) is 10.6 Å². The van der Waals surface area contributed by atoms with E-state index in [1.165, 1.54) is 0 Å². The molecule has 8 nitrogen and oxygen atoms in total. The molecule has 4 aromatic rings. The third kappa shape index (κ3) is 3.56. The molecule has 0 saturated heterocycles. The number of anilines is 3. The summed E-state index contributed by atoms with van der Waals surface area (Å²) in [5.74, 6) is 0.505. The molecule has 9 heteroatoms. The van der Waals surface area contributed by atoms with Crippen molar-refractivity contribution in [3.63, 3.8) is 0 Å². The van der Waals surface area contributed by atoms with Crippen LogP contribution in [0.15, 0.2) is 30.3 Å². The second kappa shape index (κ2) is 7.01. The normalized spacial score (nSPS) is 11.0. The lowest BCUT2D eigenvalue weighted by Gasteiger charge is -2.08. The molecule has 4 rings (SSSR count). The Labute approximate surface area is 165 Å². The number of aryl methyl sites for hydroxylation is 4. The summed E-state index contributed by atoms with van der Waals surface area (Å²) in [5, 5.41) is 10.3. The highest BCUT2D eigenvalue weighted by atomic mass is 32.1. The maximum atomic E-state index is 12.6. The first kappa shape index (κ1) is 18.1. The summed E-state index contributed by atoms with van der Waals surface area (Å²) < 4.78 is 1.74. The van der Waals surface area contributed by atoms with Crippen molar-refractivity contribution < 1.29 is 4.79 Å². The predicted octanol–water partition coefficient (Wildman–Crippen LogP) is 3.81. The number of rotatable bonds is 4. The predicted molar refractivity (Wildman–Crippen MR) is 110 cm³/mol. The second-order valence-electron chi connectivity index (χ2n) is 6.51. The third-order valence-corrected chi connectivity index (χ3v) is 5.29. The molecule has 0 saturated carbocycles. The van der Waals surface area contributed by atoms with Crippen molar-refractivity contribution in [3.05, 3.63) is 57.9 Å². The quantitative estimate of drug-likeness (QED) is 0.547. The lowest BCUT2D eigenvalue weighted by atomic mass is 10.2. The number of thiazole rings is 1. The summed E-state index contributed by atoms with van der Waals surface area (Å²) in [6.07, 6.45) is 0. The van der Waals surface area contributed by atoms with E-state index in [-0.39, 0.29) is 11.9 Å². The van der Waals surface area contributed by atoms with Crippen LogP contribution < -0.4 is 10.6 Å². The van der Waals surface area contributed by atoms with Gasteiger partial charge in [-0.05, 0) is 52.0 Å². The van der Waals surface area contributed by atoms with E-state index in [0.717, 1.165) is 32.6 Å². The van der Waals surface area contributed by atoms with Crippen LogP contribution in [0.1, 0.15) is 32.3 Å². The van der Waals surface area contributed by atoms with Crippen LogP contribution in [-0.4, -0.2) is 30.5 Å². The van der Waals surface area contributed by atoms with Gasteiger partial charge in [-0.25, -0.2) is 14.5 Å². The Hall–Kier alpha value is -3.33. The van der Waals surface area contributed by atoms with Crippen LogP contribution in [0.2, 0.25) is 0 Å². The first-order valence-corrected chi connectivity index (χ1v) is 9.54. The number of amides is 1. The van der Waals surface area contributed by atoms with E-state index in [0.29, 0.717) is 11.5 Å². The van der Waals surface area contributed by atoms with E-state index in [2.05, 4.69) is 30.7 Å². The third-order valence-electron chi connectivity index (χ3n) is 4.24. The van der Waals surface area contributed by atoms with Gasteiger partial charge in [-0.2, -0.15) is 4.98 Å². The fraction of sp³-hybridized carbons (Fsp3) is 0.211. The molecular formula is C19H19N7OS. The summed E-state index contributed by atoms with van der Waals surface area (Å²) in [7, 11) is 0. The number of hydrogen-bond acceptors (Lipinski definition) is 7. The Balaban J connectivity index is 1.53. The first-order valence-electron chi connectivity index (χ1n) is 8.72. The summed E-state index contributed by atoms with van der Waals surface area (Å²) in [6, 6.07) is 9.03. The monoisotopic (exact) mass is 393 g/mol. The highest BCUT2D eigenvalue weighted by Crippen LogP contribution is 2.22. The zero-order valence-electron chi connectivity index (χ0n) is 15.9. The largest absolute Gasteiger partial charge is 0.324 e. The average Bonchev–Trinajstić information content (AvgIpc) is 3.13. The number of nitrogens with one attached hydrogen (secondary N) is 2. The number of nitrogens with zero attached hydrogens (tertiary/aromatic N) is 5. The van der Waals surface area contributed by atoms with Gasteiger partial charge in [0.2, 0.25) is 10.9 Å². The molecule has 1 aromatic carbocycles. The molecule has 0 aliphatic heterocycles. The van der Waals surface area contributed by atoms with Crippen molar-refractivity contribution in [1.82, 2.24) is 24.6 Å². The van der Waals surface area contributed by atoms with Crippen LogP contribution in [0.4, 0.5) is 17.6 Å². The summed E-state index contributed by atoms with van der Waals surface area (Å²) in [4.78, 5) is 27.6. The lowest BCUT2D eigenvalue weighted by Crippen LogP contribution is -2.13. The number of carbonyl (C=O) groups excluding carboxylic acids is 1. The van der Waals surface area contributed by atoms with E-state index < -0.39 is 0 Å². The van der Waals surface area contributed by atoms with Crippen LogP contribution in [0, 0.1) is 27.7 Å². The van der Waals surface area contributed by atoms with Gasteiger partial charge >= 0.3 is 0 Å². The fourth-order valence-corrected chi connectivity index (χ4v) is 3.72. The lowest BCUT2D eigenvalue weighted by molar-refractivity contribution is 0.102. The number of carbonyl (C=O) groups is 1. The van der Waals surface area contributed by atoms with Crippen molar-refractivity contribution >= 4 is 39.8 Å². The van der Waals surface area contributed by atoms with E-state index in [9.17, 15) is 4.79 Å². The maximum Gasteiger partial charge on any atom is 0.258 e. The number of aromatic nitrogens is 5. The standard InChI is InChI=1S/C19H19N7OS/c1-10-8-11(2)21-17(20-10)22-15-7-5-6-14(9-15)16(27)23-18-24-19-26(25-18)12(3)13(4)28-19/h5-9H,1-4H3,(H,20,21,22)(H,23,25,27). The van der Waals surface area contributed by atoms with E-state index in [1.807, 2.05) is 39.8 Å².